The number of rotatable bonds is 2. The minimum absolute atomic E-state index is 0.0333. The maximum atomic E-state index is 12.3. The SMILES string of the molecule is N#Cc1ccc(NN)cc1C(F)F. The summed E-state index contributed by atoms with van der Waals surface area (Å²) in [4.78, 5) is 0. The predicted molar refractivity (Wildman–Crippen MR) is 43.9 cm³/mol. The van der Waals surface area contributed by atoms with Gasteiger partial charge in [-0.05, 0) is 18.2 Å². The topological polar surface area (TPSA) is 61.8 Å². The van der Waals surface area contributed by atoms with E-state index in [1.54, 1.807) is 6.07 Å². The molecule has 0 saturated heterocycles. The third-order valence-electron chi connectivity index (χ3n) is 1.57. The molecule has 0 aliphatic heterocycles. The molecule has 13 heavy (non-hydrogen) atoms. The molecule has 0 unspecified atom stereocenters. The molecule has 3 nitrogen and oxygen atoms in total. The largest absolute Gasteiger partial charge is 0.324 e. The van der Waals surface area contributed by atoms with Gasteiger partial charge in [-0.15, -0.1) is 0 Å². The van der Waals surface area contributed by atoms with Gasteiger partial charge >= 0.3 is 0 Å². The van der Waals surface area contributed by atoms with Crippen molar-refractivity contribution >= 4 is 5.69 Å². The first-order valence-electron chi connectivity index (χ1n) is 3.48. The van der Waals surface area contributed by atoms with Crippen LogP contribution in [0.25, 0.3) is 0 Å². The van der Waals surface area contributed by atoms with Gasteiger partial charge in [-0.3, -0.25) is 5.84 Å². The number of hydrazine groups is 1. The van der Waals surface area contributed by atoms with E-state index >= 15 is 0 Å². The lowest BCUT2D eigenvalue weighted by Gasteiger charge is -2.05. The molecule has 0 bridgehead atoms. The number of alkyl halides is 2. The Morgan fingerprint density at radius 3 is 2.62 bits per heavy atom. The molecule has 0 aliphatic carbocycles. The molecule has 68 valence electrons. The molecule has 0 heterocycles. The highest BCUT2D eigenvalue weighted by molar-refractivity contribution is 5.51. The Bertz CT molecular complexity index is 344. The van der Waals surface area contributed by atoms with Crippen LogP contribution in [-0.2, 0) is 0 Å². The summed E-state index contributed by atoms with van der Waals surface area (Å²) in [5, 5.41) is 8.50. The van der Waals surface area contributed by atoms with E-state index < -0.39 is 6.43 Å². The molecule has 5 heteroatoms. The normalized spacial score (nSPS) is 9.77. The van der Waals surface area contributed by atoms with Crippen LogP contribution in [0.5, 0.6) is 0 Å². The number of benzene rings is 1. The molecular formula is C8H7F2N3. The average Bonchev–Trinajstić information content (AvgIpc) is 2.16. The summed E-state index contributed by atoms with van der Waals surface area (Å²) < 4.78 is 24.6. The lowest BCUT2D eigenvalue weighted by molar-refractivity contribution is 0.151. The van der Waals surface area contributed by atoms with Crippen LogP contribution >= 0.6 is 0 Å². The summed E-state index contributed by atoms with van der Waals surface area (Å²) in [6, 6.07) is 5.60. The zero-order chi connectivity index (χ0) is 9.84. The first kappa shape index (κ1) is 9.42. The minimum Gasteiger partial charge on any atom is -0.324 e. The Labute approximate surface area is 73.7 Å². The van der Waals surface area contributed by atoms with Gasteiger partial charge in [-0.25, -0.2) is 8.78 Å². The van der Waals surface area contributed by atoms with E-state index in [-0.39, 0.29) is 11.1 Å². The minimum atomic E-state index is -2.66. The van der Waals surface area contributed by atoms with Gasteiger partial charge in [-0.1, -0.05) is 0 Å². The molecule has 0 aliphatic rings. The fourth-order valence-corrected chi connectivity index (χ4v) is 0.935. The van der Waals surface area contributed by atoms with Crippen LogP contribution in [0.4, 0.5) is 14.5 Å². The molecule has 0 spiro atoms. The first-order valence-corrected chi connectivity index (χ1v) is 3.48. The summed E-state index contributed by atoms with van der Waals surface area (Å²) in [6.07, 6.45) is -2.66. The van der Waals surface area contributed by atoms with Gasteiger partial charge < -0.3 is 5.43 Å². The van der Waals surface area contributed by atoms with Gasteiger partial charge in [0.1, 0.15) is 0 Å². The van der Waals surface area contributed by atoms with Crippen LogP contribution in [0.1, 0.15) is 17.6 Å². The number of hydrogen-bond acceptors (Lipinski definition) is 3. The number of nitrogen functional groups attached to an aromatic ring is 1. The van der Waals surface area contributed by atoms with Crippen LogP contribution in [0.2, 0.25) is 0 Å². The van der Waals surface area contributed by atoms with Crippen molar-refractivity contribution < 1.29 is 8.78 Å². The van der Waals surface area contributed by atoms with Crippen LogP contribution in [0.3, 0.4) is 0 Å². The van der Waals surface area contributed by atoms with Crippen molar-refractivity contribution in [3.63, 3.8) is 0 Å². The molecule has 1 rings (SSSR count). The second kappa shape index (κ2) is 3.83. The van der Waals surface area contributed by atoms with Crippen LogP contribution in [0, 0.1) is 11.3 Å². The second-order valence-corrected chi connectivity index (χ2v) is 2.36. The number of halogens is 2. The first-order chi connectivity index (χ1) is 6.19. The molecule has 0 saturated carbocycles. The highest BCUT2D eigenvalue weighted by Crippen LogP contribution is 2.25. The summed E-state index contributed by atoms with van der Waals surface area (Å²) in [6.45, 7) is 0. The third-order valence-corrected chi connectivity index (χ3v) is 1.57. The number of hydrogen-bond donors (Lipinski definition) is 2. The second-order valence-electron chi connectivity index (χ2n) is 2.36. The van der Waals surface area contributed by atoms with Crippen molar-refractivity contribution in [1.82, 2.24) is 0 Å². The fraction of sp³-hybridized carbons (Fsp3) is 0.125. The molecule has 0 fully saturated rings. The van der Waals surface area contributed by atoms with E-state index in [0.29, 0.717) is 5.69 Å². The van der Waals surface area contributed by atoms with Crippen LogP contribution in [0.15, 0.2) is 18.2 Å². The Hall–Kier alpha value is -1.67. The number of nitrogens with zero attached hydrogens (tertiary/aromatic N) is 1. The van der Waals surface area contributed by atoms with Crippen LogP contribution < -0.4 is 11.3 Å². The fourth-order valence-electron chi connectivity index (χ4n) is 0.935. The van der Waals surface area contributed by atoms with Gasteiger partial charge in [0.15, 0.2) is 0 Å². The lowest BCUT2D eigenvalue weighted by Crippen LogP contribution is -2.07. The van der Waals surface area contributed by atoms with Crippen molar-refractivity contribution in [3.8, 4) is 6.07 Å². The molecule has 0 aromatic heterocycles. The summed E-state index contributed by atoms with van der Waals surface area (Å²) in [5.41, 5.74) is 2.25. The van der Waals surface area contributed by atoms with Crippen molar-refractivity contribution in [3.05, 3.63) is 29.3 Å². The van der Waals surface area contributed by atoms with Gasteiger partial charge in [0.05, 0.1) is 11.6 Å². The smallest absolute Gasteiger partial charge is 0.265 e. The predicted octanol–water partition coefficient (Wildman–Crippen LogP) is 1.78. The number of nitriles is 1. The van der Waals surface area contributed by atoms with Crippen molar-refractivity contribution in [2.45, 2.75) is 6.43 Å². The van der Waals surface area contributed by atoms with Gasteiger partial charge in [-0.2, -0.15) is 5.26 Å². The Morgan fingerprint density at radius 1 is 1.46 bits per heavy atom. The van der Waals surface area contributed by atoms with E-state index in [1.807, 2.05) is 0 Å². The van der Waals surface area contributed by atoms with E-state index in [9.17, 15) is 8.78 Å². The molecular weight excluding hydrogens is 176 g/mol. The van der Waals surface area contributed by atoms with Crippen molar-refractivity contribution in [2.75, 3.05) is 5.43 Å². The van der Waals surface area contributed by atoms with Gasteiger partial charge in [0, 0.05) is 11.3 Å². The zero-order valence-electron chi connectivity index (χ0n) is 6.59. The quantitative estimate of drug-likeness (QED) is 0.542. The van der Waals surface area contributed by atoms with Gasteiger partial charge in [0.2, 0.25) is 0 Å². The maximum absolute atomic E-state index is 12.3. The Morgan fingerprint density at radius 2 is 2.15 bits per heavy atom. The molecule has 0 radical (unpaired) electrons. The van der Waals surface area contributed by atoms with Crippen molar-refractivity contribution in [2.24, 2.45) is 5.84 Å². The standard InChI is InChI=1S/C8H7F2N3/c9-8(10)7-3-6(13-12)2-1-5(7)4-11/h1-3,8,13H,12H2. The molecule has 0 amide bonds. The highest BCUT2D eigenvalue weighted by atomic mass is 19.3. The summed E-state index contributed by atoms with van der Waals surface area (Å²) in [7, 11) is 0. The van der Waals surface area contributed by atoms with Crippen LogP contribution in [-0.4, -0.2) is 0 Å². The van der Waals surface area contributed by atoms with E-state index in [1.165, 1.54) is 12.1 Å². The highest BCUT2D eigenvalue weighted by Gasteiger charge is 2.12. The number of nitrogens with two attached hydrogens (primary N) is 1. The monoisotopic (exact) mass is 183 g/mol. The van der Waals surface area contributed by atoms with E-state index in [2.05, 4.69) is 5.43 Å². The zero-order valence-corrected chi connectivity index (χ0v) is 6.59. The van der Waals surface area contributed by atoms with E-state index in [0.717, 1.165) is 6.07 Å². The lowest BCUT2D eigenvalue weighted by atomic mass is 10.1. The van der Waals surface area contributed by atoms with Gasteiger partial charge in [0.25, 0.3) is 6.43 Å². The Balaban J connectivity index is 3.20. The summed E-state index contributed by atoms with van der Waals surface area (Å²) >= 11 is 0. The molecule has 3 N–H and O–H groups in total. The molecule has 0 atom stereocenters. The number of anilines is 1. The number of nitrogens with one attached hydrogen (secondary N) is 1. The third kappa shape index (κ3) is 1.92. The average molecular weight is 183 g/mol. The van der Waals surface area contributed by atoms with E-state index in [4.69, 9.17) is 11.1 Å². The summed E-state index contributed by atoms with van der Waals surface area (Å²) in [5.74, 6) is 5.03. The maximum Gasteiger partial charge on any atom is 0.265 e. The molecule has 1 aromatic carbocycles. The molecule has 1 aromatic rings. The Kier molecular flexibility index (Phi) is 2.77. The van der Waals surface area contributed by atoms with Crippen molar-refractivity contribution in [1.29, 1.82) is 5.26 Å².